The van der Waals surface area contributed by atoms with Crippen molar-refractivity contribution in [1.29, 1.82) is 0 Å². The maximum atomic E-state index is 12.3. The third kappa shape index (κ3) is 4.11. The maximum absolute atomic E-state index is 12.3. The molecule has 0 saturated heterocycles. The Morgan fingerprint density at radius 1 is 1.06 bits per heavy atom. The highest BCUT2D eigenvalue weighted by molar-refractivity contribution is 7.15. The number of halogens is 1. The highest BCUT2D eigenvalue weighted by Gasteiger charge is 2.14. The molecule has 0 aromatic carbocycles. The number of rotatable bonds is 5. The van der Waals surface area contributed by atoms with E-state index in [1.165, 1.54) is 28.3 Å². The molecule has 5 heterocycles. The average molecular weight is 450 g/mol. The van der Waals surface area contributed by atoms with Crippen molar-refractivity contribution < 1.29 is 4.52 Å². The molecule has 31 heavy (non-hydrogen) atoms. The summed E-state index contributed by atoms with van der Waals surface area (Å²) in [6, 6.07) is 8.42. The fourth-order valence-electron chi connectivity index (χ4n) is 2.81. The van der Waals surface area contributed by atoms with E-state index in [-0.39, 0.29) is 18.0 Å². The third-order valence-electron chi connectivity index (χ3n) is 4.24. The van der Waals surface area contributed by atoms with Gasteiger partial charge in [0.15, 0.2) is 0 Å². The Labute approximate surface area is 184 Å². The first-order chi connectivity index (χ1) is 15.2. The monoisotopic (exact) mass is 449 g/mol. The number of thiazole rings is 1. The van der Waals surface area contributed by atoms with Gasteiger partial charge in [-0.3, -0.25) is 14.8 Å². The summed E-state index contributed by atoms with van der Waals surface area (Å²) in [5, 5.41) is 9.61. The number of hydrogen-bond donors (Lipinski definition) is 0. The molecule has 11 heteroatoms. The van der Waals surface area contributed by atoms with Crippen LogP contribution in [0.3, 0.4) is 0 Å². The zero-order chi connectivity index (χ0) is 21.2. The molecule has 0 atom stereocenters. The molecule has 5 aromatic heterocycles. The predicted molar refractivity (Wildman–Crippen MR) is 114 cm³/mol. The minimum Gasteiger partial charge on any atom is -0.332 e. The molecule has 0 bridgehead atoms. The molecule has 0 fully saturated rings. The summed E-state index contributed by atoms with van der Waals surface area (Å²) >= 11 is 7.44. The molecule has 9 nitrogen and oxygen atoms in total. The molecule has 0 aliphatic rings. The van der Waals surface area contributed by atoms with Crippen molar-refractivity contribution in [3.05, 3.63) is 81.6 Å². The van der Waals surface area contributed by atoms with E-state index < -0.39 is 0 Å². The maximum Gasteiger partial charge on any atom is 0.278 e. The summed E-state index contributed by atoms with van der Waals surface area (Å²) < 4.78 is 6.66. The molecule has 0 spiro atoms. The second kappa shape index (κ2) is 8.17. The summed E-state index contributed by atoms with van der Waals surface area (Å²) in [7, 11) is 0. The molecule has 0 amide bonds. The highest BCUT2D eigenvalue weighted by atomic mass is 35.5. The van der Waals surface area contributed by atoms with Crippen molar-refractivity contribution in [2.75, 3.05) is 0 Å². The standard InChI is InChI=1S/C20H12ClN7O2S/c21-14-6-13(8-23-9-14)18-25-19(30-27-18)16-3-4-17(29)28(26-16)11-15-10-24-20(31-15)12-2-1-5-22-7-12/h1-10H,11H2. The quantitative estimate of drug-likeness (QED) is 0.400. The Kier molecular flexibility index (Phi) is 5.06. The molecular formula is C20H12ClN7O2S. The number of aromatic nitrogens is 7. The first-order valence-corrected chi connectivity index (χ1v) is 10.2. The van der Waals surface area contributed by atoms with Gasteiger partial charge >= 0.3 is 0 Å². The van der Waals surface area contributed by atoms with Gasteiger partial charge in [0.2, 0.25) is 5.82 Å². The summed E-state index contributed by atoms with van der Waals surface area (Å²) in [5.41, 5.74) is 1.66. The van der Waals surface area contributed by atoms with Gasteiger partial charge in [0.1, 0.15) is 10.7 Å². The first kappa shape index (κ1) is 19.2. The minimum atomic E-state index is -0.251. The largest absolute Gasteiger partial charge is 0.332 e. The van der Waals surface area contributed by atoms with E-state index in [1.807, 2.05) is 12.1 Å². The molecule has 0 saturated carbocycles. The van der Waals surface area contributed by atoms with Crippen LogP contribution in [-0.2, 0) is 6.54 Å². The van der Waals surface area contributed by atoms with Gasteiger partial charge in [0.25, 0.3) is 11.4 Å². The van der Waals surface area contributed by atoms with Crippen molar-refractivity contribution in [2.45, 2.75) is 6.54 Å². The van der Waals surface area contributed by atoms with Gasteiger partial charge in [-0.2, -0.15) is 10.1 Å². The van der Waals surface area contributed by atoms with E-state index in [1.54, 1.807) is 36.9 Å². The van der Waals surface area contributed by atoms with Crippen molar-refractivity contribution in [3.8, 4) is 33.5 Å². The summed E-state index contributed by atoms with van der Waals surface area (Å²) in [6.07, 6.45) is 8.28. The number of nitrogens with zero attached hydrogens (tertiary/aromatic N) is 7. The van der Waals surface area contributed by atoms with Crippen LogP contribution in [0.5, 0.6) is 0 Å². The van der Waals surface area contributed by atoms with Gasteiger partial charge in [0.05, 0.1) is 11.6 Å². The molecular weight excluding hydrogens is 438 g/mol. The Morgan fingerprint density at radius 3 is 2.81 bits per heavy atom. The van der Waals surface area contributed by atoms with Crippen molar-refractivity contribution in [3.63, 3.8) is 0 Å². The Hall–Kier alpha value is -3.76. The Balaban J connectivity index is 1.42. The van der Waals surface area contributed by atoms with Crippen molar-refractivity contribution >= 4 is 22.9 Å². The van der Waals surface area contributed by atoms with Gasteiger partial charge in [-0.05, 0) is 24.3 Å². The topological polar surface area (TPSA) is 112 Å². The molecule has 0 aliphatic heterocycles. The normalized spacial score (nSPS) is 11.0. The molecule has 0 unspecified atom stereocenters. The van der Waals surface area contributed by atoms with Crippen molar-refractivity contribution in [1.82, 2.24) is 34.9 Å². The van der Waals surface area contributed by atoms with Gasteiger partial charge in [-0.1, -0.05) is 16.8 Å². The second-order valence-electron chi connectivity index (χ2n) is 6.40. The SMILES string of the molecule is O=c1ccc(-c2nc(-c3cncc(Cl)c3)no2)nn1Cc1cnc(-c2cccnc2)s1. The average Bonchev–Trinajstić information content (AvgIpc) is 3.46. The highest BCUT2D eigenvalue weighted by Crippen LogP contribution is 2.25. The van der Waals surface area contributed by atoms with Gasteiger partial charge in [-0.25, -0.2) is 9.67 Å². The van der Waals surface area contributed by atoms with Crippen LogP contribution in [0.15, 0.2) is 70.6 Å². The lowest BCUT2D eigenvalue weighted by molar-refractivity contribution is 0.429. The molecule has 0 N–H and O–H groups in total. The van der Waals surface area contributed by atoms with Crippen LogP contribution in [0.2, 0.25) is 5.02 Å². The lowest BCUT2D eigenvalue weighted by Gasteiger charge is -2.03. The van der Waals surface area contributed by atoms with Crippen LogP contribution in [0.4, 0.5) is 0 Å². The fourth-order valence-corrected chi connectivity index (χ4v) is 3.86. The number of hydrogen-bond acceptors (Lipinski definition) is 9. The Morgan fingerprint density at radius 2 is 1.97 bits per heavy atom. The van der Waals surface area contributed by atoms with E-state index in [0.717, 1.165) is 15.4 Å². The molecule has 0 radical (unpaired) electrons. The summed E-state index contributed by atoms with van der Waals surface area (Å²) in [5.74, 6) is 0.511. The summed E-state index contributed by atoms with van der Waals surface area (Å²) in [6.45, 7) is 0.268. The fraction of sp³-hybridized carbons (Fsp3) is 0.0500. The van der Waals surface area contributed by atoms with Crippen LogP contribution in [-0.4, -0.2) is 34.9 Å². The number of pyridine rings is 2. The Bertz CT molecular complexity index is 1410. The van der Waals surface area contributed by atoms with Gasteiger partial charge in [0, 0.05) is 53.1 Å². The zero-order valence-electron chi connectivity index (χ0n) is 15.7. The second-order valence-corrected chi connectivity index (χ2v) is 7.95. The van der Waals surface area contributed by atoms with Crippen molar-refractivity contribution in [2.24, 2.45) is 0 Å². The van der Waals surface area contributed by atoms with E-state index >= 15 is 0 Å². The first-order valence-electron chi connectivity index (χ1n) is 9.04. The smallest absolute Gasteiger partial charge is 0.278 e. The van der Waals surface area contributed by atoms with Gasteiger partial charge < -0.3 is 4.52 Å². The lowest BCUT2D eigenvalue weighted by Crippen LogP contribution is -2.22. The molecule has 5 aromatic rings. The van der Waals surface area contributed by atoms with E-state index in [2.05, 4.69) is 30.2 Å². The van der Waals surface area contributed by atoms with E-state index in [4.69, 9.17) is 16.1 Å². The molecule has 152 valence electrons. The van der Waals surface area contributed by atoms with Crippen LogP contribution in [0, 0.1) is 0 Å². The van der Waals surface area contributed by atoms with Crippen LogP contribution >= 0.6 is 22.9 Å². The summed E-state index contributed by atoms with van der Waals surface area (Å²) in [4.78, 5) is 30.1. The van der Waals surface area contributed by atoms with Gasteiger partial charge in [-0.15, -0.1) is 11.3 Å². The van der Waals surface area contributed by atoms with Crippen LogP contribution < -0.4 is 5.56 Å². The van der Waals surface area contributed by atoms with E-state index in [9.17, 15) is 4.79 Å². The lowest BCUT2D eigenvalue weighted by atomic mass is 10.3. The molecule has 5 rings (SSSR count). The zero-order valence-corrected chi connectivity index (χ0v) is 17.3. The predicted octanol–water partition coefficient (Wildman–Crippen LogP) is 3.58. The third-order valence-corrected chi connectivity index (χ3v) is 5.48. The molecule has 0 aliphatic carbocycles. The van der Waals surface area contributed by atoms with Crippen LogP contribution in [0.25, 0.3) is 33.5 Å². The minimum absolute atomic E-state index is 0.184. The van der Waals surface area contributed by atoms with Crippen LogP contribution in [0.1, 0.15) is 4.88 Å². The van der Waals surface area contributed by atoms with E-state index in [0.29, 0.717) is 22.1 Å².